The minimum Gasteiger partial charge on any atom is -0.465 e. The number of rotatable bonds is 6. The van der Waals surface area contributed by atoms with Crippen LogP contribution in [0.1, 0.15) is 16.8 Å². The van der Waals surface area contributed by atoms with Crippen LogP contribution in [0.15, 0.2) is 12.1 Å². The number of hydrogen-bond donors (Lipinski definition) is 2. The van der Waals surface area contributed by atoms with Crippen molar-refractivity contribution in [3.63, 3.8) is 0 Å². The Balaban J connectivity index is 2.90. The van der Waals surface area contributed by atoms with Crippen molar-refractivity contribution in [3.05, 3.63) is 22.7 Å². The second-order valence-electron chi connectivity index (χ2n) is 3.69. The first-order chi connectivity index (χ1) is 8.60. The van der Waals surface area contributed by atoms with Crippen molar-refractivity contribution in [3.8, 4) is 0 Å². The zero-order valence-corrected chi connectivity index (χ0v) is 12.0. The van der Waals surface area contributed by atoms with E-state index in [4.69, 9.17) is 22.1 Å². The summed E-state index contributed by atoms with van der Waals surface area (Å²) >= 11 is 7.87. The largest absolute Gasteiger partial charge is 0.465 e. The van der Waals surface area contributed by atoms with Gasteiger partial charge in [0.15, 0.2) is 0 Å². The molecule has 18 heavy (non-hydrogen) atoms. The van der Waals surface area contributed by atoms with Gasteiger partial charge in [-0.3, -0.25) is 0 Å². The summed E-state index contributed by atoms with van der Waals surface area (Å²) in [5, 5.41) is 3.59. The molecule has 0 aromatic heterocycles. The van der Waals surface area contributed by atoms with Gasteiger partial charge >= 0.3 is 5.97 Å². The lowest BCUT2D eigenvalue weighted by Gasteiger charge is -2.13. The summed E-state index contributed by atoms with van der Waals surface area (Å²) in [6.45, 7) is 0.745. The molecule has 0 amide bonds. The molecule has 100 valence electrons. The predicted octanol–water partition coefficient (Wildman–Crippen LogP) is 2.87. The first-order valence-corrected chi connectivity index (χ1v) is 7.27. The number of nitrogens with one attached hydrogen (secondary N) is 1. The number of carbonyl (C=O) groups excluding carboxylic acids is 1. The average Bonchev–Trinajstić information content (AvgIpc) is 2.35. The maximum Gasteiger partial charge on any atom is 0.340 e. The lowest BCUT2D eigenvalue weighted by atomic mass is 10.1. The maximum absolute atomic E-state index is 11.6. The molecule has 1 aromatic carbocycles. The lowest BCUT2D eigenvalue weighted by Crippen LogP contribution is -2.11. The maximum atomic E-state index is 11.6. The Morgan fingerprint density at radius 1 is 1.56 bits per heavy atom. The van der Waals surface area contributed by atoms with Gasteiger partial charge in [0, 0.05) is 12.2 Å². The van der Waals surface area contributed by atoms with Crippen molar-refractivity contribution < 1.29 is 9.53 Å². The fourth-order valence-electron chi connectivity index (χ4n) is 1.51. The standard InChI is InChI=1S/C12H17ClN2O2S/c1-17-12(16)9-6-8(14)7-10(13)11(9)15-4-3-5-18-2/h6-7,15H,3-5,14H2,1-2H3. The smallest absolute Gasteiger partial charge is 0.340 e. The molecule has 0 radical (unpaired) electrons. The third kappa shape index (κ3) is 3.99. The number of methoxy groups -OCH3 is 1. The minimum absolute atomic E-state index is 0.367. The summed E-state index contributed by atoms with van der Waals surface area (Å²) in [4.78, 5) is 11.6. The number of esters is 1. The van der Waals surface area contributed by atoms with Crippen LogP contribution in [0, 0.1) is 0 Å². The monoisotopic (exact) mass is 288 g/mol. The van der Waals surface area contributed by atoms with E-state index in [1.54, 1.807) is 23.9 Å². The van der Waals surface area contributed by atoms with Crippen molar-refractivity contribution in [2.24, 2.45) is 0 Å². The van der Waals surface area contributed by atoms with Gasteiger partial charge in [-0.25, -0.2) is 4.79 Å². The van der Waals surface area contributed by atoms with E-state index in [0.717, 1.165) is 18.7 Å². The Morgan fingerprint density at radius 3 is 2.89 bits per heavy atom. The molecule has 0 spiro atoms. The van der Waals surface area contributed by atoms with Crippen LogP contribution in [0.25, 0.3) is 0 Å². The molecular weight excluding hydrogens is 272 g/mol. The van der Waals surface area contributed by atoms with E-state index in [-0.39, 0.29) is 0 Å². The molecule has 0 saturated heterocycles. The quantitative estimate of drug-likeness (QED) is 0.479. The number of nitrogen functional groups attached to an aromatic ring is 1. The number of carbonyl (C=O) groups is 1. The van der Waals surface area contributed by atoms with Gasteiger partial charge in [0.1, 0.15) is 0 Å². The molecule has 0 bridgehead atoms. The highest BCUT2D eigenvalue weighted by atomic mass is 35.5. The van der Waals surface area contributed by atoms with Crippen molar-refractivity contribution in [1.82, 2.24) is 0 Å². The van der Waals surface area contributed by atoms with Gasteiger partial charge in [-0.2, -0.15) is 11.8 Å². The second-order valence-corrected chi connectivity index (χ2v) is 5.08. The van der Waals surface area contributed by atoms with E-state index in [0.29, 0.717) is 22.0 Å². The predicted molar refractivity (Wildman–Crippen MR) is 78.7 cm³/mol. The Kier molecular flexibility index (Phi) is 6.15. The van der Waals surface area contributed by atoms with Gasteiger partial charge < -0.3 is 15.8 Å². The Labute approximate surface area is 116 Å². The molecule has 3 N–H and O–H groups in total. The van der Waals surface area contributed by atoms with Crippen LogP contribution in [-0.2, 0) is 4.74 Å². The van der Waals surface area contributed by atoms with Crippen LogP contribution in [-0.4, -0.2) is 31.6 Å². The summed E-state index contributed by atoms with van der Waals surface area (Å²) in [7, 11) is 1.33. The molecule has 4 nitrogen and oxygen atoms in total. The fraction of sp³-hybridized carbons (Fsp3) is 0.417. The molecule has 0 unspecified atom stereocenters. The lowest BCUT2D eigenvalue weighted by molar-refractivity contribution is 0.0602. The summed E-state index contributed by atoms with van der Waals surface area (Å²) < 4.78 is 4.72. The number of hydrogen-bond acceptors (Lipinski definition) is 5. The van der Waals surface area contributed by atoms with Crippen LogP contribution >= 0.6 is 23.4 Å². The van der Waals surface area contributed by atoms with E-state index in [2.05, 4.69) is 11.6 Å². The number of thioether (sulfide) groups is 1. The molecule has 6 heteroatoms. The first kappa shape index (κ1) is 15.0. The highest BCUT2D eigenvalue weighted by molar-refractivity contribution is 7.98. The Hall–Kier alpha value is -1.07. The van der Waals surface area contributed by atoms with Crippen LogP contribution in [0.5, 0.6) is 0 Å². The topological polar surface area (TPSA) is 64.3 Å². The first-order valence-electron chi connectivity index (χ1n) is 5.50. The average molecular weight is 289 g/mol. The molecule has 0 fully saturated rings. The number of anilines is 2. The minimum atomic E-state index is -0.448. The van der Waals surface area contributed by atoms with Crippen molar-refractivity contribution in [2.75, 3.05) is 36.7 Å². The van der Waals surface area contributed by atoms with Gasteiger partial charge in [0.05, 0.1) is 23.4 Å². The zero-order valence-electron chi connectivity index (χ0n) is 10.5. The molecule has 0 aliphatic carbocycles. The zero-order chi connectivity index (χ0) is 13.5. The second kappa shape index (κ2) is 7.38. The van der Waals surface area contributed by atoms with Crippen LogP contribution in [0.4, 0.5) is 11.4 Å². The SMILES string of the molecule is COC(=O)c1cc(N)cc(Cl)c1NCCCSC. The summed E-state index contributed by atoms with van der Waals surface area (Å²) in [5.74, 6) is 0.601. The molecule has 0 heterocycles. The summed E-state index contributed by atoms with van der Waals surface area (Å²) in [6, 6.07) is 3.18. The Bertz CT molecular complexity index is 427. The number of nitrogens with two attached hydrogens (primary N) is 1. The van der Waals surface area contributed by atoms with Gasteiger partial charge in [-0.15, -0.1) is 0 Å². The van der Waals surface area contributed by atoms with Gasteiger partial charge in [-0.1, -0.05) is 11.6 Å². The van der Waals surface area contributed by atoms with Crippen LogP contribution < -0.4 is 11.1 Å². The highest BCUT2D eigenvalue weighted by Crippen LogP contribution is 2.29. The van der Waals surface area contributed by atoms with Crippen molar-refractivity contribution in [1.29, 1.82) is 0 Å². The van der Waals surface area contributed by atoms with E-state index in [1.165, 1.54) is 7.11 Å². The van der Waals surface area contributed by atoms with E-state index in [9.17, 15) is 4.79 Å². The number of ether oxygens (including phenoxy) is 1. The molecule has 1 aromatic rings. The van der Waals surface area contributed by atoms with Gasteiger partial charge in [0.25, 0.3) is 0 Å². The van der Waals surface area contributed by atoms with Crippen molar-refractivity contribution >= 4 is 40.7 Å². The molecule has 0 aliphatic rings. The van der Waals surface area contributed by atoms with Crippen LogP contribution in [0.3, 0.4) is 0 Å². The molecule has 0 saturated carbocycles. The van der Waals surface area contributed by atoms with Crippen LogP contribution in [0.2, 0.25) is 5.02 Å². The molecule has 1 rings (SSSR count). The van der Waals surface area contributed by atoms with Gasteiger partial charge in [-0.05, 0) is 30.6 Å². The third-order valence-electron chi connectivity index (χ3n) is 2.34. The number of benzene rings is 1. The Morgan fingerprint density at radius 2 is 2.28 bits per heavy atom. The fourth-order valence-corrected chi connectivity index (χ4v) is 2.24. The van der Waals surface area contributed by atoms with E-state index >= 15 is 0 Å². The van der Waals surface area contributed by atoms with E-state index < -0.39 is 5.97 Å². The highest BCUT2D eigenvalue weighted by Gasteiger charge is 2.15. The van der Waals surface area contributed by atoms with E-state index in [1.807, 2.05) is 0 Å². The third-order valence-corrected chi connectivity index (χ3v) is 3.34. The molecule has 0 atom stereocenters. The summed E-state index contributed by atoms with van der Waals surface area (Å²) in [5.41, 5.74) is 7.06. The summed E-state index contributed by atoms with van der Waals surface area (Å²) in [6.07, 6.45) is 3.04. The molecular formula is C12H17ClN2O2S. The molecule has 0 aliphatic heterocycles. The van der Waals surface area contributed by atoms with Crippen molar-refractivity contribution in [2.45, 2.75) is 6.42 Å². The number of halogens is 1. The normalized spacial score (nSPS) is 10.2. The van der Waals surface area contributed by atoms with Gasteiger partial charge in [0.2, 0.25) is 0 Å².